The monoisotopic (exact) mass is 405 g/mol. The van der Waals surface area contributed by atoms with Crippen LogP contribution in [-0.4, -0.2) is 67.7 Å². The van der Waals surface area contributed by atoms with Gasteiger partial charge in [-0.15, -0.1) is 24.0 Å². The Morgan fingerprint density at radius 3 is 2.58 bits per heavy atom. The zero-order valence-electron chi connectivity index (χ0n) is 11.7. The van der Waals surface area contributed by atoms with E-state index in [1.54, 1.807) is 13.8 Å². The van der Waals surface area contributed by atoms with Crippen molar-refractivity contribution in [2.75, 3.05) is 38.5 Å². The number of hydrogen-bond donors (Lipinski definition) is 2. The summed E-state index contributed by atoms with van der Waals surface area (Å²) in [7, 11) is -3.04. The number of aliphatic hydroxyl groups excluding tert-OH is 1. The summed E-state index contributed by atoms with van der Waals surface area (Å²) >= 11 is 0. The summed E-state index contributed by atoms with van der Waals surface area (Å²) < 4.78 is 23.1. The van der Waals surface area contributed by atoms with Crippen molar-refractivity contribution in [2.24, 2.45) is 4.99 Å². The summed E-state index contributed by atoms with van der Waals surface area (Å²) in [6.07, 6.45) is 0. The molecular formula is C11H24IN3O3S. The van der Waals surface area contributed by atoms with Gasteiger partial charge in [-0.25, -0.2) is 8.42 Å². The first-order valence-corrected chi connectivity index (χ1v) is 7.85. The molecule has 8 heteroatoms. The Morgan fingerprint density at radius 2 is 2.11 bits per heavy atom. The number of nitrogens with one attached hydrogen (secondary N) is 1. The van der Waals surface area contributed by atoms with Gasteiger partial charge in [0.2, 0.25) is 0 Å². The number of nitrogens with zero attached hydrogens (tertiary/aromatic N) is 2. The topological polar surface area (TPSA) is 82.0 Å². The molecule has 0 bridgehead atoms. The van der Waals surface area contributed by atoms with Crippen LogP contribution in [0.2, 0.25) is 0 Å². The first-order valence-electron chi connectivity index (χ1n) is 6.20. The van der Waals surface area contributed by atoms with Gasteiger partial charge in [0, 0.05) is 19.6 Å². The van der Waals surface area contributed by atoms with Gasteiger partial charge in [-0.2, -0.15) is 0 Å². The van der Waals surface area contributed by atoms with E-state index in [2.05, 4.69) is 10.3 Å². The van der Waals surface area contributed by atoms with Crippen LogP contribution >= 0.6 is 24.0 Å². The summed E-state index contributed by atoms with van der Waals surface area (Å²) in [5.74, 6) is 0.818. The number of sulfone groups is 1. The molecule has 1 saturated heterocycles. The molecule has 6 nitrogen and oxygen atoms in total. The Balaban J connectivity index is 0.00000324. The maximum absolute atomic E-state index is 11.9. The molecule has 0 aromatic rings. The van der Waals surface area contributed by atoms with Crippen molar-refractivity contribution in [1.82, 2.24) is 10.2 Å². The predicted octanol–water partition coefficient (Wildman–Crippen LogP) is 0.0712. The number of aliphatic imine (C=N–C) groups is 1. The lowest BCUT2D eigenvalue weighted by Gasteiger charge is -2.39. The number of rotatable bonds is 3. The van der Waals surface area contributed by atoms with Gasteiger partial charge in [0.25, 0.3) is 0 Å². The van der Waals surface area contributed by atoms with Crippen molar-refractivity contribution in [3.8, 4) is 0 Å². The summed E-state index contributed by atoms with van der Waals surface area (Å²) in [5.41, 5.74) is 0. The maximum atomic E-state index is 11.9. The van der Waals surface area contributed by atoms with Crippen molar-refractivity contribution in [1.29, 1.82) is 0 Å². The second kappa shape index (κ2) is 7.63. The van der Waals surface area contributed by atoms with Crippen molar-refractivity contribution >= 4 is 39.8 Å². The van der Waals surface area contributed by atoms with E-state index in [0.717, 1.165) is 0 Å². The van der Waals surface area contributed by atoms with Gasteiger partial charge in [-0.1, -0.05) is 0 Å². The van der Waals surface area contributed by atoms with E-state index in [1.807, 2.05) is 11.8 Å². The molecule has 0 spiro atoms. The summed E-state index contributed by atoms with van der Waals surface area (Å²) in [5, 5.41) is 11.9. The molecule has 0 amide bonds. The number of hydrogen-bond acceptors (Lipinski definition) is 4. The largest absolute Gasteiger partial charge is 0.394 e. The van der Waals surface area contributed by atoms with Gasteiger partial charge in [0.05, 0.1) is 23.7 Å². The highest BCUT2D eigenvalue weighted by Gasteiger charge is 2.40. The molecule has 0 atom stereocenters. The third kappa shape index (κ3) is 4.75. The predicted molar refractivity (Wildman–Crippen MR) is 87.9 cm³/mol. The Kier molecular flexibility index (Phi) is 7.59. The fourth-order valence-corrected chi connectivity index (χ4v) is 3.27. The van der Waals surface area contributed by atoms with E-state index in [0.29, 0.717) is 32.1 Å². The fraction of sp³-hybridized carbons (Fsp3) is 0.909. The Labute approximate surface area is 132 Å². The van der Waals surface area contributed by atoms with Crippen molar-refractivity contribution in [3.63, 3.8) is 0 Å². The molecule has 1 heterocycles. The quantitative estimate of drug-likeness (QED) is 0.395. The average molecular weight is 405 g/mol. The lowest BCUT2D eigenvalue weighted by molar-refractivity contribution is 0.303. The molecule has 0 aliphatic carbocycles. The SMILES string of the molecule is CCNC(=NCCO)N1CCS(=O)(=O)C(C)(C)C1.I. The lowest BCUT2D eigenvalue weighted by Crippen LogP contribution is -2.57. The van der Waals surface area contributed by atoms with E-state index >= 15 is 0 Å². The number of guanidine groups is 1. The number of halogens is 1. The van der Waals surface area contributed by atoms with E-state index in [4.69, 9.17) is 5.11 Å². The average Bonchev–Trinajstić information content (AvgIpc) is 2.28. The minimum atomic E-state index is -3.04. The van der Waals surface area contributed by atoms with E-state index in [1.165, 1.54) is 0 Å². The molecule has 0 aromatic heterocycles. The second-order valence-corrected chi connectivity index (χ2v) is 7.70. The minimum absolute atomic E-state index is 0. The zero-order valence-corrected chi connectivity index (χ0v) is 14.9. The van der Waals surface area contributed by atoms with Crippen LogP contribution in [0.25, 0.3) is 0 Å². The Bertz CT molecular complexity index is 409. The molecule has 114 valence electrons. The highest BCUT2D eigenvalue weighted by atomic mass is 127. The van der Waals surface area contributed by atoms with Crippen LogP contribution in [-0.2, 0) is 9.84 Å². The van der Waals surface area contributed by atoms with Gasteiger partial charge in [0.15, 0.2) is 15.8 Å². The van der Waals surface area contributed by atoms with Crippen molar-refractivity contribution in [2.45, 2.75) is 25.5 Å². The molecule has 1 aliphatic heterocycles. The van der Waals surface area contributed by atoms with Gasteiger partial charge in [-0.3, -0.25) is 4.99 Å². The molecule has 1 rings (SSSR count). The van der Waals surface area contributed by atoms with Crippen LogP contribution in [0.5, 0.6) is 0 Å². The van der Waals surface area contributed by atoms with E-state index in [-0.39, 0.29) is 36.3 Å². The molecule has 2 N–H and O–H groups in total. The fourth-order valence-electron chi connectivity index (χ4n) is 1.91. The van der Waals surface area contributed by atoms with E-state index < -0.39 is 14.6 Å². The van der Waals surface area contributed by atoms with Gasteiger partial charge in [-0.05, 0) is 20.8 Å². The van der Waals surface area contributed by atoms with E-state index in [9.17, 15) is 8.42 Å². The van der Waals surface area contributed by atoms with Crippen LogP contribution in [0.3, 0.4) is 0 Å². The Morgan fingerprint density at radius 1 is 1.47 bits per heavy atom. The van der Waals surface area contributed by atoms with Gasteiger partial charge >= 0.3 is 0 Å². The minimum Gasteiger partial charge on any atom is -0.394 e. The summed E-state index contributed by atoms with van der Waals surface area (Å²) in [6.45, 7) is 7.34. The highest BCUT2D eigenvalue weighted by molar-refractivity contribution is 14.0. The molecule has 0 unspecified atom stereocenters. The summed E-state index contributed by atoms with van der Waals surface area (Å²) in [6, 6.07) is 0. The molecule has 1 fully saturated rings. The smallest absolute Gasteiger partial charge is 0.194 e. The molecule has 1 aliphatic rings. The first kappa shape index (κ1) is 18.9. The van der Waals surface area contributed by atoms with Crippen LogP contribution in [0.15, 0.2) is 4.99 Å². The van der Waals surface area contributed by atoms with Crippen molar-refractivity contribution < 1.29 is 13.5 Å². The third-order valence-corrected chi connectivity index (χ3v) is 5.57. The Hall–Kier alpha value is -0.0900. The molecule has 0 aromatic carbocycles. The molecule has 19 heavy (non-hydrogen) atoms. The second-order valence-electron chi connectivity index (χ2n) is 4.96. The van der Waals surface area contributed by atoms with Crippen LogP contribution < -0.4 is 5.32 Å². The van der Waals surface area contributed by atoms with Crippen LogP contribution in [0.1, 0.15) is 20.8 Å². The first-order chi connectivity index (χ1) is 8.34. The van der Waals surface area contributed by atoms with Crippen LogP contribution in [0, 0.1) is 0 Å². The van der Waals surface area contributed by atoms with Crippen molar-refractivity contribution in [3.05, 3.63) is 0 Å². The van der Waals surface area contributed by atoms with Gasteiger partial charge in [0.1, 0.15) is 0 Å². The zero-order chi connectivity index (χ0) is 13.8. The normalized spacial score (nSPS) is 21.7. The number of aliphatic hydroxyl groups is 1. The molecule has 0 radical (unpaired) electrons. The molecular weight excluding hydrogens is 381 g/mol. The molecule has 0 saturated carbocycles. The lowest BCUT2D eigenvalue weighted by atomic mass is 10.2. The standard InChI is InChI=1S/C11H23N3O3S.HI/c1-4-12-10(13-5-7-15)14-6-8-18(16,17)11(2,3)9-14;/h15H,4-9H2,1-3H3,(H,12,13);1H. The van der Waals surface area contributed by atoms with Gasteiger partial charge < -0.3 is 15.3 Å². The highest BCUT2D eigenvalue weighted by Crippen LogP contribution is 2.23. The third-order valence-electron chi connectivity index (χ3n) is 3.04. The summed E-state index contributed by atoms with van der Waals surface area (Å²) in [4.78, 5) is 6.20. The maximum Gasteiger partial charge on any atom is 0.194 e. The van der Waals surface area contributed by atoms with Crippen LogP contribution in [0.4, 0.5) is 0 Å².